The highest BCUT2D eigenvalue weighted by Gasteiger charge is 2.19. The van der Waals surface area contributed by atoms with Gasteiger partial charge in [-0.1, -0.05) is 0 Å². The number of hydrogen-bond acceptors (Lipinski definition) is 3. The van der Waals surface area contributed by atoms with E-state index in [1.807, 2.05) is 0 Å². The third kappa shape index (κ3) is 4.04. The Hall–Kier alpha value is -0.120. The Morgan fingerprint density at radius 1 is 1.00 bits per heavy atom. The third-order valence-electron chi connectivity index (χ3n) is 3.97. The van der Waals surface area contributed by atoms with Crippen LogP contribution in [0.2, 0.25) is 0 Å². The maximum Gasteiger partial charge on any atom is 0.0699 e. The maximum atomic E-state index is 5.90. The molecule has 1 heterocycles. The van der Waals surface area contributed by atoms with Crippen LogP contribution in [0, 0.1) is 5.92 Å². The van der Waals surface area contributed by atoms with Crippen LogP contribution in [0.5, 0.6) is 0 Å². The molecule has 1 saturated carbocycles. The second-order valence-corrected chi connectivity index (χ2v) is 5.43. The number of nitrogens with one attached hydrogen (secondary N) is 1. The summed E-state index contributed by atoms with van der Waals surface area (Å²) >= 11 is 0. The molecule has 16 heavy (non-hydrogen) atoms. The summed E-state index contributed by atoms with van der Waals surface area (Å²) in [4.78, 5) is 0. The Morgan fingerprint density at radius 3 is 2.50 bits per heavy atom. The summed E-state index contributed by atoms with van der Waals surface area (Å²) < 4.78 is 5.70. The second kappa shape index (κ2) is 6.58. The lowest BCUT2D eigenvalue weighted by molar-refractivity contribution is 0.0163. The molecule has 1 aliphatic carbocycles. The summed E-state index contributed by atoms with van der Waals surface area (Å²) in [5.74, 6) is 0.850. The van der Waals surface area contributed by atoms with Crippen molar-refractivity contribution in [1.29, 1.82) is 0 Å². The third-order valence-corrected chi connectivity index (χ3v) is 3.97. The van der Waals surface area contributed by atoms with E-state index in [1.165, 1.54) is 44.9 Å². The van der Waals surface area contributed by atoms with Gasteiger partial charge < -0.3 is 15.8 Å². The van der Waals surface area contributed by atoms with E-state index in [1.54, 1.807) is 0 Å². The molecule has 0 aromatic rings. The van der Waals surface area contributed by atoms with E-state index in [-0.39, 0.29) is 0 Å². The summed E-state index contributed by atoms with van der Waals surface area (Å²) in [5, 5.41) is 3.57. The monoisotopic (exact) mass is 226 g/mol. The van der Waals surface area contributed by atoms with Crippen LogP contribution < -0.4 is 11.1 Å². The van der Waals surface area contributed by atoms with Crippen molar-refractivity contribution < 1.29 is 4.74 Å². The van der Waals surface area contributed by atoms with Crippen molar-refractivity contribution in [3.8, 4) is 0 Å². The summed E-state index contributed by atoms with van der Waals surface area (Å²) in [6, 6.07) is 0.470. The van der Waals surface area contributed by atoms with Gasteiger partial charge in [-0.25, -0.2) is 0 Å². The Kier molecular flexibility index (Phi) is 5.07. The second-order valence-electron chi connectivity index (χ2n) is 5.43. The molecule has 94 valence electrons. The molecular formula is C13H26N2O. The first-order chi connectivity index (χ1) is 7.84. The average Bonchev–Trinajstić information content (AvgIpc) is 2.33. The fraction of sp³-hybridized carbons (Fsp3) is 1.00. The van der Waals surface area contributed by atoms with Gasteiger partial charge in [-0.2, -0.15) is 0 Å². The molecule has 1 unspecified atom stereocenters. The van der Waals surface area contributed by atoms with E-state index in [4.69, 9.17) is 10.5 Å². The van der Waals surface area contributed by atoms with Crippen molar-refractivity contribution in [3.63, 3.8) is 0 Å². The van der Waals surface area contributed by atoms with Crippen molar-refractivity contribution in [2.75, 3.05) is 19.7 Å². The van der Waals surface area contributed by atoms with Crippen molar-refractivity contribution >= 4 is 0 Å². The van der Waals surface area contributed by atoms with E-state index in [0.717, 1.165) is 25.6 Å². The van der Waals surface area contributed by atoms with E-state index < -0.39 is 0 Å². The highest BCUT2D eigenvalue weighted by molar-refractivity contribution is 4.76. The van der Waals surface area contributed by atoms with Crippen molar-refractivity contribution in [2.45, 2.75) is 57.1 Å². The van der Waals surface area contributed by atoms with E-state index in [2.05, 4.69) is 5.32 Å². The summed E-state index contributed by atoms with van der Waals surface area (Å²) in [6.07, 6.45) is 9.34. The van der Waals surface area contributed by atoms with Gasteiger partial charge in [0.15, 0.2) is 0 Å². The summed E-state index contributed by atoms with van der Waals surface area (Å²) in [7, 11) is 0. The molecule has 0 spiro atoms. The number of hydrogen-bond donors (Lipinski definition) is 2. The van der Waals surface area contributed by atoms with Crippen LogP contribution in [-0.4, -0.2) is 31.8 Å². The van der Waals surface area contributed by atoms with Crippen molar-refractivity contribution in [1.82, 2.24) is 5.32 Å². The minimum atomic E-state index is 0.470. The SMILES string of the molecule is NC1CCC(CNCC2CCCCO2)CC1. The topological polar surface area (TPSA) is 47.3 Å². The molecule has 2 aliphatic rings. The zero-order valence-electron chi connectivity index (χ0n) is 10.3. The van der Waals surface area contributed by atoms with E-state index in [0.29, 0.717) is 12.1 Å². The molecule has 0 aromatic carbocycles. The van der Waals surface area contributed by atoms with Gasteiger partial charge in [0, 0.05) is 19.2 Å². The normalized spacial score (nSPS) is 36.2. The first-order valence-electron chi connectivity index (χ1n) is 6.92. The van der Waals surface area contributed by atoms with Gasteiger partial charge in [-0.15, -0.1) is 0 Å². The highest BCUT2D eigenvalue weighted by Crippen LogP contribution is 2.22. The minimum absolute atomic E-state index is 0.470. The van der Waals surface area contributed by atoms with Crippen LogP contribution in [0.4, 0.5) is 0 Å². The smallest absolute Gasteiger partial charge is 0.0699 e. The molecule has 1 saturated heterocycles. The maximum absolute atomic E-state index is 5.90. The van der Waals surface area contributed by atoms with Gasteiger partial charge in [-0.05, 0) is 57.4 Å². The molecule has 1 aliphatic heterocycles. The van der Waals surface area contributed by atoms with Gasteiger partial charge >= 0.3 is 0 Å². The lowest BCUT2D eigenvalue weighted by Gasteiger charge is -2.28. The van der Waals surface area contributed by atoms with Crippen LogP contribution in [0.15, 0.2) is 0 Å². The average molecular weight is 226 g/mol. The zero-order chi connectivity index (χ0) is 11.2. The first-order valence-corrected chi connectivity index (χ1v) is 6.92. The number of ether oxygens (including phenoxy) is 1. The minimum Gasteiger partial charge on any atom is -0.377 e. The molecular weight excluding hydrogens is 200 g/mol. The predicted molar refractivity (Wildman–Crippen MR) is 66.4 cm³/mol. The highest BCUT2D eigenvalue weighted by atomic mass is 16.5. The molecule has 0 amide bonds. The van der Waals surface area contributed by atoms with Gasteiger partial charge in [0.2, 0.25) is 0 Å². The lowest BCUT2D eigenvalue weighted by atomic mass is 9.86. The molecule has 0 bridgehead atoms. The van der Waals surface area contributed by atoms with Crippen LogP contribution in [0.25, 0.3) is 0 Å². The molecule has 0 radical (unpaired) electrons. The largest absolute Gasteiger partial charge is 0.377 e. The van der Waals surface area contributed by atoms with Crippen LogP contribution in [0.1, 0.15) is 44.9 Å². The number of nitrogens with two attached hydrogens (primary N) is 1. The molecule has 3 heteroatoms. The Morgan fingerprint density at radius 2 is 1.81 bits per heavy atom. The van der Waals surface area contributed by atoms with Crippen molar-refractivity contribution in [3.05, 3.63) is 0 Å². The summed E-state index contributed by atoms with van der Waals surface area (Å²) in [6.45, 7) is 3.17. The lowest BCUT2D eigenvalue weighted by Crippen LogP contribution is -2.36. The van der Waals surface area contributed by atoms with Crippen LogP contribution >= 0.6 is 0 Å². The van der Waals surface area contributed by atoms with E-state index in [9.17, 15) is 0 Å². The predicted octanol–water partition coefficient (Wildman–Crippen LogP) is 1.66. The Labute approximate surface area is 99.1 Å². The number of rotatable bonds is 4. The van der Waals surface area contributed by atoms with Crippen molar-refractivity contribution in [2.24, 2.45) is 11.7 Å². The standard InChI is InChI=1S/C13H26N2O/c14-12-6-4-11(5-7-12)9-15-10-13-3-1-2-8-16-13/h11-13,15H,1-10,14H2. The molecule has 1 atom stereocenters. The molecule has 2 rings (SSSR count). The van der Waals surface area contributed by atoms with Crippen LogP contribution in [-0.2, 0) is 4.74 Å². The van der Waals surface area contributed by atoms with Crippen LogP contribution in [0.3, 0.4) is 0 Å². The van der Waals surface area contributed by atoms with E-state index >= 15 is 0 Å². The molecule has 3 nitrogen and oxygen atoms in total. The zero-order valence-corrected chi connectivity index (χ0v) is 10.3. The van der Waals surface area contributed by atoms with Gasteiger partial charge in [0.1, 0.15) is 0 Å². The molecule has 0 aromatic heterocycles. The van der Waals surface area contributed by atoms with Gasteiger partial charge in [-0.3, -0.25) is 0 Å². The van der Waals surface area contributed by atoms with Gasteiger partial charge in [0.25, 0.3) is 0 Å². The fourth-order valence-corrected chi connectivity index (χ4v) is 2.81. The summed E-state index contributed by atoms with van der Waals surface area (Å²) in [5.41, 5.74) is 5.90. The molecule has 3 N–H and O–H groups in total. The first kappa shape index (κ1) is 12.3. The Balaban J connectivity index is 1.53. The molecule has 2 fully saturated rings. The quantitative estimate of drug-likeness (QED) is 0.766. The Bertz CT molecular complexity index is 184. The van der Waals surface area contributed by atoms with Gasteiger partial charge in [0.05, 0.1) is 6.10 Å². The fourth-order valence-electron chi connectivity index (χ4n) is 2.81.